The largest absolute Gasteiger partial charge is 0.321 e. The molecule has 2 N–H and O–H groups in total. The molecule has 0 bridgehead atoms. The zero-order chi connectivity index (χ0) is 15.9. The lowest BCUT2D eigenvalue weighted by molar-refractivity contribution is 0.0778. The molecule has 21 heavy (non-hydrogen) atoms. The highest BCUT2D eigenvalue weighted by atomic mass is 14.8. The molecule has 1 aromatic carbocycles. The van der Waals surface area contributed by atoms with Gasteiger partial charge in [0, 0.05) is 5.54 Å². The third kappa shape index (κ3) is 3.34. The smallest absolute Gasteiger partial charge is 0.0443 e. The van der Waals surface area contributed by atoms with E-state index in [-0.39, 0.29) is 16.4 Å². The van der Waals surface area contributed by atoms with Crippen molar-refractivity contribution in [3.05, 3.63) is 35.4 Å². The molecule has 1 heteroatoms. The Morgan fingerprint density at radius 1 is 0.952 bits per heavy atom. The Balaban J connectivity index is 2.37. The van der Waals surface area contributed by atoms with E-state index in [2.05, 4.69) is 65.8 Å². The molecule has 1 saturated carbocycles. The zero-order valence-corrected chi connectivity index (χ0v) is 14.8. The summed E-state index contributed by atoms with van der Waals surface area (Å²) in [6, 6.07) is 9.12. The highest BCUT2D eigenvalue weighted by Crippen LogP contribution is 2.48. The van der Waals surface area contributed by atoms with E-state index in [0.29, 0.717) is 5.92 Å². The van der Waals surface area contributed by atoms with E-state index >= 15 is 0 Å². The van der Waals surface area contributed by atoms with Gasteiger partial charge in [-0.05, 0) is 40.7 Å². The highest BCUT2D eigenvalue weighted by Gasteiger charge is 2.44. The van der Waals surface area contributed by atoms with Crippen LogP contribution in [-0.4, -0.2) is 0 Å². The second-order valence-corrected chi connectivity index (χ2v) is 9.03. The van der Waals surface area contributed by atoms with E-state index in [0.717, 1.165) is 6.42 Å². The number of benzene rings is 1. The van der Waals surface area contributed by atoms with E-state index in [1.165, 1.54) is 30.4 Å². The average Bonchev–Trinajstić information content (AvgIpc) is 2.37. The van der Waals surface area contributed by atoms with Crippen molar-refractivity contribution >= 4 is 0 Å². The first-order chi connectivity index (χ1) is 9.55. The van der Waals surface area contributed by atoms with Crippen LogP contribution in [-0.2, 0) is 11.0 Å². The molecule has 2 unspecified atom stereocenters. The van der Waals surface area contributed by atoms with Crippen LogP contribution in [0.4, 0.5) is 0 Å². The van der Waals surface area contributed by atoms with Crippen LogP contribution < -0.4 is 5.73 Å². The lowest BCUT2D eigenvalue weighted by Gasteiger charge is -2.48. The van der Waals surface area contributed by atoms with Crippen LogP contribution in [0.25, 0.3) is 0 Å². The van der Waals surface area contributed by atoms with Crippen molar-refractivity contribution in [2.75, 3.05) is 0 Å². The van der Waals surface area contributed by atoms with Gasteiger partial charge in [0.2, 0.25) is 0 Å². The zero-order valence-electron chi connectivity index (χ0n) is 14.8. The lowest BCUT2D eigenvalue weighted by Crippen LogP contribution is -2.51. The third-order valence-corrected chi connectivity index (χ3v) is 5.29. The SMILES string of the molecule is CC(C)(C)c1ccc(C2(N)CCCCC2C(C)(C)C)cc1. The van der Waals surface area contributed by atoms with Gasteiger partial charge in [0.1, 0.15) is 0 Å². The molecule has 1 aliphatic rings. The van der Waals surface area contributed by atoms with Gasteiger partial charge >= 0.3 is 0 Å². The number of hydrogen-bond acceptors (Lipinski definition) is 1. The molecule has 0 aliphatic heterocycles. The molecule has 118 valence electrons. The van der Waals surface area contributed by atoms with Crippen LogP contribution in [0.2, 0.25) is 0 Å². The molecule has 1 nitrogen and oxygen atoms in total. The van der Waals surface area contributed by atoms with Crippen LogP contribution in [0.3, 0.4) is 0 Å². The minimum Gasteiger partial charge on any atom is -0.321 e. The van der Waals surface area contributed by atoms with Crippen molar-refractivity contribution in [3.63, 3.8) is 0 Å². The van der Waals surface area contributed by atoms with Gasteiger partial charge in [-0.2, -0.15) is 0 Å². The number of hydrogen-bond donors (Lipinski definition) is 1. The number of rotatable bonds is 1. The number of nitrogens with two attached hydrogens (primary N) is 1. The topological polar surface area (TPSA) is 26.0 Å². The van der Waals surface area contributed by atoms with Gasteiger partial charge < -0.3 is 5.73 Å². The first-order valence-electron chi connectivity index (χ1n) is 8.45. The monoisotopic (exact) mass is 287 g/mol. The van der Waals surface area contributed by atoms with Crippen molar-refractivity contribution < 1.29 is 0 Å². The van der Waals surface area contributed by atoms with E-state index < -0.39 is 0 Å². The van der Waals surface area contributed by atoms with Gasteiger partial charge in [0.25, 0.3) is 0 Å². The maximum absolute atomic E-state index is 6.97. The van der Waals surface area contributed by atoms with Crippen molar-refractivity contribution in [1.29, 1.82) is 0 Å². The van der Waals surface area contributed by atoms with Crippen LogP contribution in [0.15, 0.2) is 24.3 Å². The van der Waals surface area contributed by atoms with E-state index in [4.69, 9.17) is 5.73 Å². The van der Waals surface area contributed by atoms with E-state index in [9.17, 15) is 0 Å². The highest BCUT2D eigenvalue weighted by molar-refractivity contribution is 5.33. The molecular weight excluding hydrogens is 254 g/mol. The Morgan fingerprint density at radius 2 is 1.52 bits per heavy atom. The predicted molar refractivity (Wildman–Crippen MR) is 92.4 cm³/mol. The second kappa shape index (κ2) is 5.43. The molecule has 0 heterocycles. The maximum atomic E-state index is 6.97. The molecular formula is C20H33N. The Kier molecular flexibility index (Phi) is 4.28. The predicted octanol–water partition coefficient (Wildman–Crippen LogP) is 5.37. The fourth-order valence-corrected chi connectivity index (χ4v) is 4.03. The van der Waals surface area contributed by atoms with Crippen LogP contribution in [0.1, 0.15) is 78.4 Å². The fourth-order valence-electron chi connectivity index (χ4n) is 4.03. The molecule has 1 aliphatic carbocycles. The summed E-state index contributed by atoms with van der Waals surface area (Å²) in [4.78, 5) is 0. The van der Waals surface area contributed by atoms with Crippen molar-refractivity contribution in [2.24, 2.45) is 17.1 Å². The second-order valence-electron chi connectivity index (χ2n) is 9.03. The fraction of sp³-hybridized carbons (Fsp3) is 0.700. The molecule has 1 fully saturated rings. The summed E-state index contributed by atoms with van der Waals surface area (Å²) in [5.41, 5.74) is 9.99. The van der Waals surface area contributed by atoms with E-state index in [1.54, 1.807) is 0 Å². The molecule has 0 saturated heterocycles. The molecule has 1 aromatic rings. The Labute approximate surface area is 131 Å². The Hall–Kier alpha value is -0.820. The quantitative estimate of drug-likeness (QED) is 0.738. The summed E-state index contributed by atoms with van der Waals surface area (Å²) in [5, 5.41) is 0. The summed E-state index contributed by atoms with van der Waals surface area (Å²) in [7, 11) is 0. The summed E-state index contributed by atoms with van der Waals surface area (Å²) >= 11 is 0. The molecule has 0 spiro atoms. The first-order valence-corrected chi connectivity index (χ1v) is 8.45. The van der Waals surface area contributed by atoms with Gasteiger partial charge in [0.05, 0.1) is 0 Å². The van der Waals surface area contributed by atoms with Gasteiger partial charge in [-0.15, -0.1) is 0 Å². The van der Waals surface area contributed by atoms with Gasteiger partial charge in [-0.3, -0.25) is 0 Å². The normalized spacial score (nSPS) is 27.7. The van der Waals surface area contributed by atoms with Crippen LogP contribution >= 0.6 is 0 Å². The van der Waals surface area contributed by atoms with Gasteiger partial charge in [-0.1, -0.05) is 78.6 Å². The summed E-state index contributed by atoms with van der Waals surface area (Å²) in [5.74, 6) is 0.555. The van der Waals surface area contributed by atoms with Gasteiger partial charge in [0.15, 0.2) is 0 Å². The lowest BCUT2D eigenvalue weighted by atomic mass is 9.60. The molecule has 0 aromatic heterocycles. The third-order valence-electron chi connectivity index (χ3n) is 5.29. The minimum atomic E-state index is -0.160. The molecule has 0 radical (unpaired) electrons. The average molecular weight is 287 g/mol. The molecule has 0 amide bonds. The standard InChI is InChI=1S/C20H33N/c1-18(2,3)15-10-12-16(13-11-15)20(21)14-8-7-9-17(20)19(4,5)6/h10-13,17H,7-9,14,21H2,1-6H3. The van der Waals surface area contributed by atoms with Crippen molar-refractivity contribution in [1.82, 2.24) is 0 Å². The van der Waals surface area contributed by atoms with Crippen molar-refractivity contribution in [2.45, 2.75) is 78.2 Å². The first kappa shape index (κ1) is 16.5. The summed E-state index contributed by atoms with van der Waals surface area (Å²) in [6.45, 7) is 13.8. The Bertz CT molecular complexity index is 472. The maximum Gasteiger partial charge on any atom is 0.0443 e. The van der Waals surface area contributed by atoms with Crippen LogP contribution in [0, 0.1) is 11.3 Å². The molecule has 2 rings (SSSR count). The Morgan fingerprint density at radius 3 is 2.00 bits per heavy atom. The minimum absolute atomic E-state index is 0.160. The van der Waals surface area contributed by atoms with Crippen LogP contribution in [0.5, 0.6) is 0 Å². The van der Waals surface area contributed by atoms with Gasteiger partial charge in [-0.25, -0.2) is 0 Å². The summed E-state index contributed by atoms with van der Waals surface area (Å²) < 4.78 is 0. The summed E-state index contributed by atoms with van der Waals surface area (Å²) in [6.07, 6.45) is 4.94. The van der Waals surface area contributed by atoms with Crippen molar-refractivity contribution in [3.8, 4) is 0 Å². The van der Waals surface area contributed by atoms with E-state index in [1.807, 2.05) is 0 Å². The molecule has 2 atom stereocenters.